The monoisotopic (exact) mass is 406 g/mol. The van der Waals surface area contributed by atoms with E-state index < -0.39 is 28.8 Å². The highest BCUT2D eigenvalue weighted by molar-refractivity contribution is 6.00. The number of aromatic hydroxyl groups is 3. The molecular formula is C23H34O6. The summed E-state index contributed by atoms with van der Waals surface area (Å²) in [5.41, 5.74) is 0.149. The number of aliphatic hydroxyl groups is 1. The van der Waals surface area contributed by atoms with Crippen molar-refractivity contribution in [2.45, 2.75) is 90.1 Å². The lowest BCUT2D eigenvalue weighted by Crippen LogP contribution is -2.25. The van der Waals surface area contributed by atoms with Crippen molar-refractivity contribution in [2.24, 2.45) is 0 Å². The van der Waals surface area contributed by atoms with Crippen molar-refractivity contribution in [3.63, 3.8) is 0 Å². The molecule has 1 unspecified atom stereocenters. The molecule has 0 spiro atoms. The minimum absolute atomic E-state index is 0.0658. The fourth-order valence-electron chi connectivity index (χ4n) is 3.65. The highest BCUT2D eigenvalue weighted by atomic mass is 16.5. The smallest absolute Gasteiger partial charge is 0.204 e. The highest BCUT2D eigenvalue weighted by Gasteiger charge is 2.30. The Hall–Kier alpha value is -2.37. The average molecular weight is 407 g/mol. The van der Waals surface area contributed by atoms with Gasteiger partial charge in [0.25, 0.3) is 0 Å². The van der Waals surface area contributed by atoms with Gasteiger partial charge in [-0.15, -0.1) is 0 Å². The van der Waals surface area contributed by atoms with Gasteiger partial charge in [0, 0.05) is 5.56 Å². The Labute approximate surface area is 172 Å². The molecule has 0 bridgehead atoms. The van der Waals surface area contributed by atoms with Crippen LogP contribution >= 0.6 is 0 Å². The van der Waals surface area contributed by atoms with Gasteiger partial charge in [0.15, 0.2) is 23.0 Å². The van der Waals surface area contributed by atoms with Gasteiger partial charge in [-0.1, -0.05) is 64.7 Å². The molecule has 6 heteroatoms. The van der Waals surface area contributed by atoms with Crippen LogP contribution in [0.4, 0.5) is 0 Å². The SMILES string of the molecule is CCCCCCCCCCCCC1CC(=O)C(O)=C(c2cc(O)c(O)c(O)c2)O1. The molecule has 1 aliphatic heterocycles. The first kappa shape index (κ1) is 22.9. The number of phenolic OH excluding ortho intramolecular Hbond substituents is 3. The second-order valence-corrected chi connectivity index (χ2v) is 7.88. The quantitative estimate of drug-likeness (QED) is 0.262. The minimum atomic E-state index is -0.655. The molecule has 0 aliphatic carbocycles. The van der Waals surface area contributed by atoms with Crippen LogP contribution in [-0.4, -0.2) is 32.3 Å². The van der Waals surface area contributed by atoms with Gasteiger partial charge in [-0.2, -0.15) is 0 Å². The Morgan fingerprint density at radius 2 is 1.38 bits per heavy atom. The number of rotatable bonds is 12. The molecule has 0 saturated carbocycles. The summed E-state index contributed by atoms with van der Waals surface area (Å²) in [5.74, 6) is -2.76. The van der Waals surface area contributed by atoms with E-state index in [0.717, 1.165) is 25.0 Å². The number of unbranched alkanes of at least 4 members (excludes halogenated alkanes) is 9. The Kier molecular flexibility index (Phi) is 9.16. The molecule has 0 saturated heterocycles. The number of allylic oxidation sites excluding steroid dienone is 1. The van der Waals surface area contributed by atoms with E-state index in [9.17, 15) is 25.2 Å². The number of benzene rings is 1. The van der Waals surface area contributed by atoms with E-state index in [-0.39, 0.29) is 23.8 Å². The molecule has 29 heavy (non-hydrogen) atoms. The summed E-state index contributed by atoms with van der Waals surface area (Å²) in [6.45, 7) is 2.22. The van der Waals surface area contributed by atoms with E-state index >= 15 is 0 Å². The normalized spacial score (nSPS) is 16.9. The molecule has 4 N–H and O–H groups in total. The summed E-state index contributed by atoms with van der Waals surface area (Å²) in [6.07, 6.45) is 12.7. The van der Waals surface area contributed by atoms with E-state index in [4.69, 9.17) is 4.74 Å². The van der Waals surface area contributed by atoms with Gasteiger partial charge in [-0.25, -0.2) is 0 Å². The third-order valence-corrected chi connectivity index (χ3v) is 5.39. The minimum Gasteiger partial charge on any atom is -0.504 e. The lowest BCUT2D eigenvalue weighted by molar-refractivity contribution is -0.121. The van der Waals surface area contributed by atoms with Crippen molar-refractivity contribution in [3.05, 3.63) is 23.5 Å². The van der Waals surface area contributed by atoms with Crippen LogP contribution in [0.2, 0.25) is 0 Å². The first-order chi connectivity index (χ1) is 13.9. The van der Waals surface area contributed by atoms with Crippen LogP contribution in [0.1, 0.15) is 89.5 Å². The van der Waals surface area contributed by atoms with Crippen LogP contribution in [0, 0.1) is 0 Å². The molecule has 1 heterocycles. The number of aliphatic hydroxyl groups excluding tert-OH is 1. The average Bonchev–Trinajstić information content (AvgIpc) is 2.69. The first-order valence-corrected chi connectivity index (χ1v) is 10.8. The van der Waals surface area contributed by atoms with Crippen LogP contribution in [-0.2, 0) is 9.53 Å². The van der Waals surface area contributed by atoms with Crippen molar-refractivity contribution >= 4 is 11.5 Å². The lowest BCUT2D eigenvalue weighted by Gasteiger charge is -2.26. The van der Waals surface area contributed by atoms with Crippen molar-refractivity contribution in [3.8, 4) is 17.2 Å². The predicted octanol–water partition coefficient (Wildman–Crippen LogP) is 5.70. The van der Waals surface area contributed by atoms with Gasteiger partial charge in [0.05, 0.1) is 6.42 Å². The molecule has 1 aromatic carbocycles. The molecule has 0 fully saturated rings. The third-order valence-electron chi connectivity index (χ3n) is 5.39. The van der Waals surface area contributed by atoms with E-state index in [1.807, 2.05) is 0 Å². The predicted molar refractivity (Wildman–Crippen MR) is 112 cm³/mol. The summed E-state index contributed by atoms with van der Waals surface area (Å²) < 4.78 is 5.79. The summed E-state index contributed by atoms with van der Waals surface area (Å²) in [4.78, 5) is 12.1. The van der Waals surface area contributed by atoms with E-state index in [1.54, 1.807) is 0 Å². The van der Waals surface area contributed by atoms with Crippen LogP contribution in [0.15, 0.2) is 17.9 Å². The number of ether oxygens (including phenoxy) is 1. The second-order valence-electron chi connectivity index (χ2n) is 7.88. The molecule has 2 rings (SSSR count). The Morgan fingerprint density at radius 3 is 1.93 bits per heavy atom. The molecule has 0 radical (unpaired) electrons. The number of carbonyl (C=O) groups excluding carboxylic acids is 1. The van der Waals surface area contributed by atoms with Gasteiger partial charge in [0.2, 0.25) is 11.5 Å². The van der Waals surface area contributed by atoms with E-state index in [0.29, 0.717) is 6.42 Å². The maximum absolute atomic E-state index is 12.1. The zero-order valence-electron chi connectivity index (χ0n) is 17.3. The van der Waals surface area contributed by atoms with Gasteiger partial charge in [-0.3, -0.25) is 4.79 Å². The summed E-state index contributed by atoms with van der Waals surface area (Å²) in [7, 11) is 0. The number of hydrogen-bond acceptors (Lipinski definition) is 6. The standard InChI is InChI=1S/C23H34O6/c1-2-3-4-5-6-7-8-9-10-11-12-17-15-20(26)22(28)23(29-17)16-13-18(24)21(27)19(25)14-16/h13-14,17,24-25,27-28H,2-12,15H2,1H3. The Bertz CT molecular complexity index is 686. The van der Waals surface area contributed by atoms with Gasteiger partial charge >= 0.3 is 0 Å². The Morgan fingerprint density at radius 1 is 0.862 bits per heavy atom. The lowest BCUT2D eigenvalue weighted by atomic mass is 9.98. The summed E-state index contributed by atoms with van der Waals surface area (Å²) in [5, 5.41) is 38.9. The van der Waals surface area contributed by atoms with Crippen molar-refractivity contribution < 1.29 is 30.0 Å². The Balaban J connectivity index is 1.78. The van der Waals surface area contributed by atoms with Crippen LogP contribution in [0.25, 0.3) is 5.76 Å². The van der Waals surface area contributed by atoms with Crippen LogP contribution in [0.5, 0.6) is 17.2 Å². The van der Waals surface area contributed by atoms with Crippen LogP contribution < -0.4 is 0 Å². The van der Waals surface area contributed by atoms with Gasteiger partial charge < -0.3 is 25.2 Å². The van der Waals surface area contributed by atoms with E-state index in [2.05, 4.69) is 6.92 Å². The van der Waals surface area contributed by atoms with Gasteiger partial charge in [-0.05, 0) is 25.0 Å². The zero-order valence-corrected chi connectivity index (χ0v) is 17.3. The summed E-state index contributed by atoms with van der Waals surface area (Å²) >= 11 is 0. The maximum atomic E-state index is 12.1. The van der Waals surface area contributed by atoms with Crippen molar-refractivity contribution in [2.75, 3.05) is 0 Å². The molecule has 1 atom stereocenters. The molecule has 6 nitrogen and oxygen atoms in total. The molecule has 1 aliphatic rings. The third kappa shape index (κ3) is 6.87. The molecule has 162 valence electrons. The fourth-order valence-corrected chi connectivity index (χ4v) is 3.65. The summed E-state index contributed by atoms with van der Waals surface area (Å²) in [6, 6.07) is 2.30. The first-order valence-electron chi connectivity index (χ1n) is 10.8. The molecule has 1 aromatic rings. The fraction of sp³-hybridized carbons (Fsp3) is 0.609. The van der Waals surface area contributed by atoms with Gasteiger partial charge in [0.1, 0.15) is 6.10 Å². The van der Waals surface area contributed by atoms with Crippen LogP contribution in [0.3, 0.4) is 0 Å². The maximum Gasteiger partial charge on any atom is 0.204 e. The van der Waals surface area contributed by atoms with Crippen molar-refractivity contribution in [1.82, 2.24) is 0 Å². The molecule has 0 amide bonds. The number of ketones is 1. The number of hydrogen-bond donors (Lipinski definition) is 4. The number of Topliss-reactive ketones (excluding diaryl/α,β-unsaturated/α-hetero) is 1. The molecule has 0 aromatic heterocycles. The largest absolute Gasteiger partial charge is 0.504 e. The topological polar surface area (TPSA) is 107 Å². The molecular weight excluding hydrogens is 372 g/mol. The highest BCUT2D eigenvalue weighted by Crippen LogP contribution is 2.39. The zero-order chi connectivity index (χ0) is 21.2. The number of carbonyl (C=O) groups is 1. The number of phenols is 3. The second kappa shape index (κ2) is 11.6. The van der Waals surface area contributed by atoms with Crippen molar-refractivity contribution in [1.29, 1.82) is 0 Å². The van der Waals surface area contributed by atoms with E-state index in [1.165, 1.54) is 51.4 Å².